The topological polar surface area (TPSA) is 57.5 Å². The minimum Gasteiger partial charge on any atom is -0.356 e. The fraction of sp³-hybridized carbons (Fsp3) is 0.545. The number of aliphatic imine (C=N–C) groups is 1. The number of aryl methyl sites for hydroxylation is 2. The number of benzene rings is 1. The Balaban J connectivity index is 1.57. The lowest BCUT2D eigenvalue weighted by Gasteiger charge is -2.18. The third kappa shape index (κ3) is 5.13. The van der Waals surface area contributed by atoms with Crippen LogP contribution in [-0.4, -0.2) is 53.9 Å². The summed E-state index contributed by atoms with van der Waals surface area (Å²) in [6.07, 6.45) is 2.50. The highest BCUT2D eigenvalue weighted by Crippen LogP contribution is 2.17. The Morgan fingerprint density at radius 2 is 2.07 bits per heavy atom. The van der Waals surface area contributed by atoms with Crippen LogP contribution < -0.4 is 10.6 Å². The molecule has 1 unspecified atom stereocenters. The zero-order valence-corrected chi connectivity index (χ0v) is 17.7. The monoisotopic (exact) mass is 382 g/mol. The van der Waals surface area contributed by atoms with E-state index in [0.717, 1.165) is 29.6 Å². The maximum atomic E-state index is 4.64. The van der Waals surface area contributed by atoms with Crippen LogP contribution in [0.2, 0.25) is 0 Å². The van der Waals surface area contributed by atoms with E-state index in [0.29, 0.717) is 12.5 Å². The first-order chi connectivity index (χ1) is 13.6. The van der Waals surface area contributed by atoms with Crippen LogP contribution in [0.15, 0.2) is 35.3 Å². The molecule has 1 saturated heterocycles. The molecule has 0 aliphatic carbocycles. The molecule has 2 aromatic rings. The highest BCUT2D eigenvalue weighted by molar-refractivity contribution is 5.79. The second kappa shape index (κ2) is 9.73. The van der Waals surface area contributed by atoms with Crippen molar-refractivity contribution in [2.24, 2.45) is 10.9 Å². The van der Waals surface area contributed by atoms with Gasteiger partial charge in [-0.25, -0.2) is 4.68 Å². The highest BCUT2D eigenvalue weighted by atomic mass is 15.3. The average Bonchev–Trinajstić information content (AvgIpc) is 3.28. The van der Waals surface area contributed by atoms with E-state index in [1.54, 1.807) is 0 Å². The number of hydrogen-bond donors (Lipinski definition) is 2. The van der Waals surface area contributed by atoms with Crippen molar-refractivity contribution in [2.45, 2.75) is 40.2 Å². The molecule has 0 radical (unpaired) electrons. The van der Waals surface area contributed by atoms with E-state index in [2.05, 4.69) is 69.8 Å². The maximum absolute atomic E-state index is 4.64. The Kier molecular flexibility index (Phi) is 7.09. The number of hydrogen-bond acceptors (Lipinski definition) is 3. The largest absolute Gasteiger partial charge is 0.356 e. The summed E-state index contributed by atoms with van der Waals surface area (Å²) in [5.41, 5.74) is 4.49. The standard InChI is InChI=1S/C22H34N6/c1-5-11-27-12-10-19(16-27)14-24-22(23-4)25-15-20-8-6-7-9-21(20)28-18(3)13-17(2)26-28/h6-9,13,19H,5,10-12,14-16H2,1-4H3,(H2,23,24,25). The SMILES string of the molecule is CCCN1CCC(CNC(=NC)NCc2ccccc2-n2nc(C)cc2C)C1. The Morgan fingerprint density at radius 1 is 1.25 bits per heavy atom. The van der Waals surface area contributed by atoms with Gasteiger partial charge in [0.05, 0.1) is 11.4 Å². The molecule has 0 bridgehead atoms. The predicted octanol–water partition coefficient (Wildman–Crippen LogP) is 2.89. The molecule has 0 saturated carbocycles. The number of nitrogens with zero attached hydrogens (tertiary/aromatic N) is 4. The molecule has 1 atom stereocenters. The number of rotatable bonds is 7. The van der Waals surface area contributed by atoms with Crippen LogP contribution in [0.3, 0.4) is 0 Å². The molecule has 1 aromatic heterocycles. The fourth-order valence-corrected chi connectivity index (χ4v) is 3.98. The smallest absolute Gasteiger partial charge is 0.191 e. The van der Waals surface area contributed by atoms with Gasteiger partial charge in [0.1, 0.15) is 0 Å². The van der Waals surface area contributed by atoms with Crippen LogP contribution in [-0.2, 0) is 6.54 Å². The van der Waals surface area contributed by atoms with Crippen LogP contribution in [0.5, 0.6) is 0 Å². The summed E-state index contributed by atoms with van der Waals surface area (Å²) in [7, 11) is 1.83. The molecule has 2 heterocycles. The number of guanidine groups is 1. The van der Waals surface area contributed by atoms with Crippen molar-refractivity contribution in [3.63, 3.8) is 0 Å². The number of nitrogens with one attached hydrogen (secondary N) is 2. The van der Waals surface area contributed by atoms with Gasteiger partial charge in [-0.05, 0) is 63.4 Å². The summed E-state index contributed by atoms with van der Waals surface area (Å²) in [5, 5.41) is 11.6. The van der Waals surface area contributed by atoms with Crippen LogP contribution >= 0.6 is 0 Å². The number of para-hydroxylation sites is 1. The van der Waals surface area contributed by atoms with Crippen molar-refractivity contribution in [1.29, 1.82) is 0 Å². The summed E-state index contributed by atoms with van der Waals surface area (Å²) >= 11 is 0. The number of likely N-dealkylation sites (tertiary alicyclic amines) is 1. The van der Waals surface area contributed by atoms with Crippen LogP contribution in [0.4, 0.5) is 0 Å². The maximum Gasteiger partial charge on any atom is 0.191 e. The second-order valence-electron chi connectivity index (χ2n) is 7.73. The van der Waals surface area contributed by atoms with Crippen molar-refractivity contribution in [3.05, 3.63) is 47.3 Å². The Morgan fingerprint density at radius 3 is 2.79 bits per heavy atom. The molecule has 3 rings (SSSR count). The lowest BCUT2D eigenvalue weighted by atomic mass is 10.1. The Labute approximate surface area is 169 Å². The van der Waals surface area contributed by atoms with E-state index in [1.165, 1.54) is 38.0 Å². The van der Waals surface area contributed by atoms with Crippen LogP contribution in [0, 0.1) is 19.8 Å². The minimum atomic E-state index is 0.701. The van der Waals surface area contributed by atoms with Crippen LogP contribution in [0.1, 0.15) is 36.7 Å². The van der Waals surface area contributed by atoms with E-state index in [1.807, 2.05) is 18.7 Å². The Bertz CT molecular complexity index is 794. The van der Waals surface area contributed by atoms with Crippen molar-refractivity contribution in [3.8, 4) is 5.69 Å². The average molecular weight is 383 g/mol. The number of aromatic nitrogens is 2. The van der Waals surface area contributed by atoms with Gasteiger partial charge < -0.3 is 15.5 Å². The summed E-state index contributed by atoms with van der Waals surface area (Å²) in [6.45, 7) is 11.7. The molecule has 1 aliphatic rings. The summed E-state index contributed by atoms with van der Waals surface area (Å²) in [4.78, 5) is 6.96. The molecule has 0 amide bonds. The lowest BCUT2D eigenvalue weighted by molar-refractivity contribution is 0.324. The predicted molar refractivity (Wildman–Crippen MR) is 116 cm³/mol. The first kappa shape index (κ1) is 20.4. The van der Waals surface area contributed by atoms with Gasteiger partial charge in [-0.1, -0.05) is 25.1 Å². The highest BCUT2D eigenvalue weighted by Gasteiger charge is 2.21. The Hall–Kier alpha value is -2.34. The lowest BCUT2D eigenvalue weighted by Crippen LogP contribution is -2.40. The normalized spacial score (nSPS) is 17.9. The molecule has 152 valence electrons. The molecule has 2 N–H and O–H groups in total. The molecule has 1 aliphatic heterocycles. The fourth-order valence-electron chi connectivity index (χ4n) is 3.98. The van der Waals surface area contributed by atoms with E-state index < -0.39 is 0 Å². The summed E-state index contributed by atoms with van der Waals surface area (Å²) in [6, 6.07) is 10.5. The minimum absolute atomic E-state index is 0.701. The van der Waals surface area contributed by atoms with Gasteiger partial charge in [0, 0.05) is 32.4 Å². The molecule has 6 heteroatoms. The van der Waals surface area contributed by atoms with Crippen LogP contribution in [0.25, 0.3) is 5.69 Å². The second-order valence-corrected chi connectivity index (χ2v) is 7.73. The first-order valence-electron chi connectivity index (χ1n) is 10.4. The van der Waals surface area contributed by atoms with E-state index >= 15 is 0 Å². The van der Waals surface area contributed by atoms with E-state index in [4.69, 9.17) is 0 Å². The molecule has 1 fully saturated rings. The van der Waals surface area contributed by atoms with Crippen molar-refractivity contribution >= 4 is 5.96 Å². The van der Waals surface area contributed by atoms with Gasteiger partial charge in [-0.15, -0.1) is 0 Å². The molecule has 1 aromatic carbocycles. The van der Waals surface area contributed by atoms with Crippen molar-refractivity contribution in [2.75, 3.05) is 33.2 Å². The van der Waals surface area contributed by atoms with E-state index in [9.17, 15) is 0 Å². The van der Waals surface area contributed by atoms with Gasteiger partial charge in [-0.3, -0.25) is 4.99 Å². The summed E-state index contributed by atoms with van der Waals surface area (Å²) < 4.78 is 2.02. The quantitative estimate of drug-likeness (QED) is 0.571. The van der Waals surface area contributed by atoms with Crippen molar-refractivity contribution < 1.29 is 0 Å². The molecule has 6 nitrogen and oxygen atoms in total. The van der Waals surface area contributed by atoms with Gasteiger partial charge in [0.15, 0.2) is 5.96 Å². The third-order valence-electron chi connectivity index (χ3n) is 5.37. The first-order valence-corrected chi connectivity index (χ1v) is 10.4. The zero-order chi connectivity index (χ0) is 19.9. The van der Waals surface area contributed by atoms with E-state index in [-0.39, 0.29) is 0 Å². The van der Waals surface area contributed by atoms with Crippen molar-refractivity contribution in [1.82, 2.24) is 25.3 Å². The zero-order valence-electron chi connectivity index (χ0n) is 17.7. The molecule has 28 heavy (non-hydrogen) atoms. The third-order valence-corrected chi connectivity index (χ3v) is 5.37. The van der Waals surface area contributed by atoms with Gasteiger partial charge >= 0.3 is 0 Å². The summed E-state index contributed by atoms with van der Waals surface area (Å²) in [5.74, 6) is 1.56. The van der Waals surface area contributed by atoms with Gasteiger partial charge in [0.2, 0.25) is 0 Å². The molecule has 0 spiro atoms. The van der Waals surface area contributed by atoms with Gasteiger partial charge in [-0.2, -0.15) is 5.10 Å². The molecular formula is C22H34N6. The molecular weight excluding hydrogens is 348 g/mol. The van der Waals surface area contributed by atoms with Gasteiger partial charge in [0.25, 0.3) is 0 Å².